The van der Waals surface area contributed by atoms with E-state index in [4.69, 9.17) is 9.47 Å². The number of ether oxygens (including phenoxy) is 2. The Balaban J connectivity index is -0.000000605. The zero-order valence-corrected chi connectivity index (χ0v) is 14.3. The van der Waals surface area contributed by atoms with Crippen LogP contribution >= 0.6 is 8.60 Å². The molecule has 0 aromatic carbocycles. The van der Waals surface area contributed by atoms with Gasteiger partial charge in [0.25, 0.3) is 5.97 Å². The van der Waals surface area contributed by atoms with Gasteiger partial charge in [0.15, 0.2) is 0 Å². The van der Waals surface area contributed by atoms with Crippen molar-refractivity contribution in [3.8, 4) is 0 Å². The quantitative estimate of drug-likeness (QED) is 0.263. The van der Waals surface area contributed by atoms with Gasteiger partial charge in [-0.25, -0.2) is 0 Å². The molecule has 0 radical (unpaired) electrons. The van der Waals surface area contributed by atoms with E-state index in [9.17, 15) is 9.79 Å². The third-order valence-corrected chi connectivity index (χ3v) is 1.53. The molecule has 0 saturated heterocycles. The molecule has 0 fully saturated rings. The summed E-state index contributed by atoms with van der Waals surface area (Å²) < 4.78 is 14.3. The van der Waals surface area contributed by atoms with Crippen LogP contribution in [0.1, 0.15) is 20.8 Å². The van der Waals surface area contributed by atoms with E-state index >= 15 is 0 Å². The van der Waals surface area contributed by atoms with Gasteiger partial charge < -0.3 is 23.8 Å². The third-order valence-electron chi connectivity index (χ3n) is 1.05. The molecular weight excluding hydrogens is 229 g/mol. The van der Waals surface area contributed by atoms with Crippen LogP contribution in [-0.4, -0.2) is 19.2 Å². The molecule has 0 aliphatic carbocycles. The number of hydrogen-bond donors (Lipinski definition) is 0. The van der Waals surface area contributed by atoms with Crippen LogP contribution in [0.5, 0.6) is 0 Å². The Bertz CT molecular complexity index is 121. The van der Waals surface area contributed by atoms with E-state index in [1.165, 1.54) is 6.92 Å². The zero-order chi connectivity index (χ0) is 9.61. The molecule has 0 aliphatic rings. The maximum atomic E-state index is 10.2. The molecule has 5 nitrogen and oxygen atoms in total. The average molecular weight is 242 g/mol. The van der Waals surface area contributed by atoms with Crippen molar-refractivity contribution in [2.75, 3.05) is 13.2 Å². The molecule has 0 aliphatic heterocycles. The van der Waals surface area contributed by atoms with Gasteiger partial charge in [-0.2, -0.15) is 8.60 Å². The summed E-state index contributed by atoms with van der Waals surface area (Å²) in [6.07, 6.45) is 0. The molecule has 8 heteroatoms. The Kier molecular flexibility index (Phi) is 18.0. The van der Waals surface area contributed by atoms with E-state index in [1.54, 1.807) is 13.8 Å². The minimum atomic E-state index is -2.96. The minimum Gasteiger partial charge on any atom is -0.820 e. The molecule has 0 bridgehead atoms. The van der Waals surface area contributed by atoms with Gasteiger partial charge in [-0.15, -0.1) is 0 Å². The summed E-state index contributed by atoms with van der Waals surface area (Å²) in [5.41, 5.74) is 0. The van der Waals surface area contributed by atoms with Gasteiger partial charge in [-0.3, -0.25) is 0 Å². The Labute approximate surface area is 130 Å². The van der Waals surface area contributed by atoms with Gasteiger partial charge >= 0.3 is 59.1 Å². The fourth-order valence-electron chi connectivity index (χ4n) is 0.754. The fraction of sp³-hybridized carbons (Fsp3) is 1.00. The van der Waals surface area contributed by atoms with E-state index in [0.717, 1.165) is 0 Å². The maximum Gasteiger partial charge on any atom is 1.00 e. The van der Waals surface area contributed by atoms with E-state index in [-0.39, 0.29) is 59.1 Å². The van der Waals surface area contributed by atoms with Crippen molar-refractivity contribution >= 4 is 8.60 Å². The van der Waals surface area contributed by atoms with E-state index in [1.807, 2.05) is 0 Å². The first-order valence-corrected chi connectivity index (χ1v) is 4.75. The summed E-state index contributed by atoms with van der Waals surface area (Å²) in [4.78, 5) is 20.4. The van der Waals surface area contributed by atoms with Crippen LogP contribution in [0.15, 0.2) is 0 Å². The van der Waals surface area contributed by atoms with Gasteiger partial charge in [0.1, 0.15) is 0 Å². The zero-order valence-electron chi connectivity index (χ0n) is 9.40. The largest absolute Gasteiger partial charge is 1.00 e. The molecule has 0 heterocycles. The van der Waals surface area contributed by atoms with Crippen LogP contribution in [0, 0.1) is 0 Å². The SMILES string of the molecule is CCOC(C)(OCC)OP([O-])[O-].[Na+].[Na+]. The number of hydrogen-bond acceptors (Lipinski definition) is 5. The first-order valence-electron chi connectivity index (χ1n) is 3.65. The van der Waals surface area contributed by atoms with Crippen LogP contribution in [0.3, 0.4) is 0 Å². The number of rotatable bonds is 6. The molecule has 0 amide bonds. The summed E-state index contributed by atoms with van der Waals surface area (Å²) in [5.74, 6) is -1.47. The van der Waals surface area contributed by atoms with E-state index < -0.39 is 14.6 Å². The van der Waals surface area contributed by atoms with Crippen LogP contribution in [0.2, 0.25) is 0 Å². The molecule has 0 unspecified atom stereocenters. The summed E-state index contributed by atoms with van der Waals surface area (Å²) in [7, 11) is -2.96. The van der Waals surface area contributed by atoms with Crippen LogP contribution in [0.4, 0.5) is 0 Å². The van der Waals surface area contributed by atoms with Gasteiger partial charge in [0, 0.05) is 20.1 Å². The first-order chi connectivity index (χ1) is 5.54. The predicted molar refractivity (Wildman–Crippen MR) is 39.7 cm³/mol. The van der Waals surface area contributed by atoms with Crippen molar-refractivity contribution in [1.82, 2.24) is 0 Å². The van der Waals surface area contributed by atoms with E-state index in [2.05, 4.69) is 4.52 Å². The molecule has 0 aromatic heterocycles. The van der Waals surface area contributed by atoms with Gasteiger partial charge in [-0.05, 0) is 13.8 Å². The van der Waals surface area contributed by atoms with Crippen molar-refractivity contribution in [2.45, 2.75) is 26.7 Å². The second-order valence-corrected chi connectivity index (χ2v) is 2.67. The van der Waals surface area contributed by atoms with Crippen molar-refractivity contribution < 1.29 is 82.9 Å². The topological polar surface area (TPSA) is 73.8 Å². The Morgan fingerprint density at radius 3 is 1.64 bits per heavy atom. The smallest absolute Gasteiger partial charge is 0.820 e. The van der Waals surface area contributed by atoms with Crippen LogP contribution < -0.4 is 68.9 Å². The Morgan fingerprint density at radius 1 is 1.07 bits per heavy atom. The molecule has 0 saturated carbocycles. The summed E-state index contributed by atoms with van der Waals surface area (Å²) in [6.45, 7) is 5.49. The second kappa shape index (κ2) is 11.7. The van der Waals surface area contributed by atoms with Crippen LogP contribution in [0.25, 0.3) is 0 Å². The molecular formula is C6H13Na2O5P. The second-order valence-electron chi connectivity index (χ2n) is 2.04. The molecule has 0 rings (SSSR count). The summed E-state index contributed by atoms with van der Waals surface area (Å²) in [5, 5.41) is 0. The van der Waals surface area contributed by atoms with Gasteiger partial charge in [0.05, 0.1) is 0 Å². The van der Waals surface area contributed by atoms with Crippen molar-refractivity contribution in [3.63, 3.8) is 0 Å². The van der Waals surface area contributed by atoms with Gasteiger partial charge in [0.2, 0.25) is 0 Å². The normalized spacial score (nSPS) is 10.7. The predicted octanol–water partition coefficient (Wildman–Crippen LogP) is -6.29. The van der Waals surface area contributed by atoms with E-state index in [0.29, 0.717) is 13.2 Å². The van der Waals surface area contributed by atoms with Crippen molar-refractivity contribution in [2.24, 2.45) is 0 Å². The third kappa shape index (κ3) is 10.7. The maximum absolute atomic E-state index is 10.2. The minimum absolute atomic E-state index is 0. The first kappa shape index (κ1) is 21.5. The fourth-order valence-corrected chi connectivity index (χ4v) is 1.13. The Hall–Kier alpha value is 2.23. The molecule has 14 heavy (non-hydrogen) atoms. The summed E-state index contributed by atoms with van der Waals surface area (Å²) >= 11 is 0. The summed E-state index contributed by atoms with van der Waals surface area (Å²) in [6, 6.07) is 0. The molecule has 0 spiro atoms. The molecule has 0 aromatic rings. The van der Waals surface area contributed by atoms with Crippen molar-refractivity contribution in [1.29, 1.82) is 0 Å². The standard InChI is InChI=1S/C6H13O5P.2Na/c1-4-9-6(3,10-5-2)11-12(7)8;;/h4-5H2,1-3H3;;/q-2;2*+1. The molecule has 74 valence electrons. The monoisotopic (exact) mass is 242 g/mol. The molecule has 0 atom stereocenters. The Morgan fingerprint density at radius 2 is 1.43 bits per heavy atom. The van der Waals surface area contributed by atoms with Crippen LogP contribution in [-0.2, 0) is 14.0 Å². The molecule has 0 N–H and O–H groups in total. The average Bonchev–Trinajstić information content (AvgIpc) is 1.85. The van der Waals surface area contributed by atoms with Crippen molar-refractivity contribution in [3.05, 3.63) is 0 Å². The van der Waals surface area contributed by atoms with Gasteiger partial charge in [-0.1, -0.05) is 0 Å².